The summed E-state index contributed by atoms with van der Waals surface area (Å²) in [6.45, 7) is 0.0113. The Morgan fingerprint density at radius 3 is 1.88 bits per heavy atom. The van der Waals surface area contributed by atoms with Gasteiger partial charge < -0.3 is 10.2 Å². The second-order valence-electron chi connectivity index (χ2n) is 11.2. The molecule has 1 saturated carbocycles. The van der Waals surface area contributed by atoms with E-state index in [1.54, 1.807) is 23.1 Å². The van der Waals surface area contributed by atoms with Gasteiger partial charge in [0.1, 0.15) is 11.9 Å². The molecule has 1 aliphatic rings. The first-order valence-electron chi connectivity index (χ1n) is 15.1. The monoisotopic (exact) mass is 562 g/mol. The van der Waals surface area contributed by atoms with Crippen molar-refractivity contribution in [2.45, 2.75) is 69.5 Å². The van der Waals surface area contributed by atoms with E-state index in [4.69, 9.17) is 0 Å². The van der Waals surface area contributed by atoms with Crippen LogP contribution in [0.1, 0.15) is 66.7 Å². The van der Waals surface area contributed by atoms with Gasteiger partial charge in [-0.15, -0.1) is 0 Å². The Balaban J connectivity index is 1.51. The number of carbonyl (C=O) groups excluding carboxylic acids is 2. The molecule has 5 heteroatoms. The molecular weight excluding hydrogens is 523 g/mol. The molecule has 2 amide bonds. The van der Waals surface area contributed by atoms with Crippen LogP contribution in [0.3, 0.4) is 0 Å². The number of benzene rings is 4. The van der Waals surface area contributed by atoms with Gasteiger partial charge in [-0.1, -0.05) is 128 Å². The summed E-state index contributed by atoms with van der Waals surface area (Å²) in [5.74, 6) is -0.951. The maximum atomic E-state index is 15.0. The fraction of sp³-hybridized carbons (Fsp3) is 0.297. The van der Waals surface area contributed by atoms with Gasteiger partial charge in [-0.3, -0.25) is 9.59 Å². The minimum absolute atomic E-state index is 0.0113. The van der Waals surface area contributed by atoms with E-state index in [0.29, 0.717) is 12.0 Å². The van der Waals surface area contributed by atoms with Crippen molar-refractivity contribution in [2.75, 3.05) is 0 Å². The third-order valence-electron chi connectivity index (χ3n) is 8.30. The predicted octanol–water partition coefficient (Wildman–Crippen LogP) is 7.44. The Morgan fingerprint density at radius 2 is 1.29 bits per heavy atom. The van der Waals surface area contributed by atoms with Crippen LogP contribution < -0.4 is 5.32 Å². The number of hydrogen-bond donors (Lipinski definition) is 1. The molecular formula is C37H39FN2O2. The maximum absolute atomic E-state index is 15.0. The minimum Gasteiger partial charge on any atom is -0.352 e. The van der Waals surface area contributed by atoms with E-state index in [-0.39, 0.29) is 42.6 Å². The first-order chi connectivity index (χ1) is 20.6. The zero-order chi connectivity index (χ0) is 29.1. The summed E-state index contributed by atoms with van der Waals surface area (Å²) in [6.07, 6.45) is 5.73. The molecule has 0 bridgehead atoms. The van der Waals surface area contributed by atoms with Gasteiger partial charge in [-0.2, -0.15) is 0 Å². The molecule has 1 N–H and O–H groups in total. The third kappa shape index (κ3) is 7.73. The normalized spacial score (nSPS) is 14.3. The molecule has 0 heterocycles. The number of nitrogens with one attached hydrogen (secondary N) is 1. The van der Waals surface area contributed by atoms with Crippen LogP contribution in [0.5, 0.6) is 0 Å². The molecule has 0 radical (unpaired) electrons. The summed E-state index contributed by atoms with van der Waals surface area (Å²) >= 11 is 0. The van der Waals surface area contributed by atoms with Crippen molar-refractivity contribution >= 4 is 11.8 Å². The Labute approximate surface area is 248 Å². The molecule has 0 saturated heterocycles. The Morgan fingerprint density at radius 1 is 0.738 bits per heavy atom. The fourth-order valence-electron chi connectivity index (χ4n) is 6.00. The molecule has 1 atom stereocenters. The maximum Gasteiger partial charge on any atom is 0.243 e. The van der Waals surface area contributed by atoms with Crippen LogP contribution in [-0.4, -0.2) is 28.8 Å². The molecule has 0 aromatic heterocycles. The lowest BCUT2D eigenvalue weighted by Crippen LogP contribution is -2.53. The van der Waals surface area contributed by atoms with Crippen molar-refractivity contribution in [1.82, 2.24) is 10.2 Å². The highest BCUT2D eigenvalue weighted by Crippen LogP contribution is 2.30. The second-order valence-corrected chi connectivity index (χ2v) is 11.2. The van der Waals surface area contributed by atoms with Gasteiger partial charge in [0.15, 0.2) is 0 Å². The number of halogens is 1. The number of nitrogens with zero attached hydrogens (tertiary/aromatic N) is 1. The fourth-order valence-corrected chi connectivity index (χ4v) is 6.00. The van der Waals surface area contributed by atoms with Crippen LogP contribution in [0.25, 0.3) is 0 Å². The van der Waals surface area contributed by atoms with Gasteiger partial charge in [0.05, 0.1) is 0 Å². The summed E-state index contributed by atoms with van der Waals surface area (Å²) in [4.78, 5) is 30.1. The molecule has 0 spiro atoms. The molecule has 1 aliphatic carbocycles. The number of amides is 2. The minimum atomic E-state index is -0.784. The van der Waals surface area contributed by atoms with E-state index < -0.39 is 6.04 Å². The lowest BCUT2D eigenvalue weighted by molar-refractivity contribution is -0.141. The summed E-state index contributed by atoms with van der Waals surface area (Å²) < 4.78 is 15.0. The van der Waals surface area contributed by atoms with E-state index in [1.807, 2.05) is 91.0 Å². The largest absolute Gasteiger partial charge is 0.352 e. The van der Waals surface area contributed by atoms with Gasteiger partial charge in [0.25, 0.3) is 0 Å². The quantitative estimate of drug-likeness (QED) is 0.207. The molecule has 4 nitrogen and oxygen atoms in total. The van der Waals surface area contributed by atoms with Crippen LogP contribution in [0.4, 0.5) is 4.39 Å². The molecule has 5 rings (SSSR count). The lowest BCUT2D eigenvalue weighted by atomic mass is 9.87. The first-order valence-corrected chi connectivity index (χ1v) is 15.1. The van der Waals surface area contributed by atoms with E-state index in [0.717, 1.165) is 42.4 Å². The standard InChI is InChI=1S/C37H39FN2O2/c38-34-24-14-13-21-31(34)27-40(36(41)26-33(29-17-7-2-8-18-29)30-19-9-3-10-20-30)35(25-28-15-5-1-6-16-28)37(42)39-32-22-11-4-12-23-32/h1-3,5-10,13-21,24,32-33,35H,4,11-12,22-23,25-27H2,(H,39,42). The average Bonchev–Trinajstić information content (AvgIpc) is 3.04. The van der Waals surface area contributed by atoms with Crippen molar-refractivity contribution in [2.24, 2.45) is 0 Å². The second kappa shape index (κ2) is 14.6. The lowest BCUT2D eigenvalue weighted by Gasteiger charge is -2.34. The SMILES string of the molecule is O=C(NC1CCCCC1)C(Cc1ccccc1)N(Cc1ccccc1F)C(=O)CC(c1ccccc1)c1ccccc1. The summed E-state index contributed by atoms with van der Waals surface area (Å²) in [6, 6.07) is 35.5. The van der Waals surface area contributed by atoms with Crippen molar-refractivity contribution in [3.05, 3.63) is 143 Å². The summed E-state index contributed by atoms with van der Waals surface area (Å²) in [7, 11) is 0. The topological polar surface area (TPSA) is 49.4 Å². The van der Waals surface area contributed by atoms with Crippen LogP contribution >= 0.6 is 0 Å². The van der Waals surface area contributed by atoms with Crippen LogP contribution in [0, 0.1) is 5.82 Å². The molecule has 216 valence electrons. The zero-order valence-corrected chi connectivity index (χ0v) is 24.0. The molecule has 4 aromatic carbocycles. The Kier molecular flexibility index (Phi) is 10.2. The highest BCUT2D eigenvalue weighted by molar-refractivity contribution is 5.88. The van der Waals surface area contributed by atoms with Crippen molar-refractivity contribution in [1.29, 1.82) is 0 Å². The summed E-state index contributed by atoms with van der Waals surface area (Å²) in [5, 5.41) is 3.27. The molecule has 0 aliphatic heterocycles. The Bertz CT molecular complexity index is 1380. The van der Waals surface area contributed by atoms with Gasteiger partial charge in [-0.25, -0.2) is 4.39 Å². The third-order valence-corrected chi connectivity index (χ3v) is 8.30. The number of carbonyl (C=O) groups is 2. The van der Waals surface area contributed by atoms with E-state index in [9.17, 15) is 9.59 Å². The highest BCUT2D eigenvalue weighted by Gasteiger charge is 2.33. The van der Waals surface area contributed by atoms with Crippen molar-refractivity contribution < 1.29 is 14.0 Å². The Hall–Kier alpha value is -4.25. The van der Waals surface area contributed by atoms with Gasteiger partial charge >= 0.3 is 0 Å². The molecule has 1 fully saturated rings. The van der Waals surface area contributed by atoms with Crippen molar-refractivity contribution in [3.63, 3.8) is 0 Å². The van der Waals surface area contributed by atoms with Gasteiger partial charge in [0, 0.05) is 36.9 Å². The van der Waals surface area contributed by atoms with Crippen LogP contribution in [0.15, 0.2) is 115 Å². The summed E-state index contributed by atoms with van der Waals surface area (Å²) in [5.41, 5.74) is 3.39. The highest BCUT2D eigenvalue weighted by atomic mass is 19.1. The number of rotatable bonds is 11. The van der Waals surface area contributed by atoms with Crippen LogP contribution in [0.2, 0.25) is 0 Å². The van der Waals surface area contributed by atoms with Crippen LogP contribution in [-0.2, 0) is 22.6 Å². The first kappa shape index (κ1) is 29.2. The molecule has 1 unspecified atom stereocenters. The average molecular weight is 563 g/mol. The van der Waals surface area contributed by atoms with E-state index >= 15 is 4.39 Å². The van der Waals surface area contributed by atoms with Crippen molar-refractivity contribution in [3.8, 4) is 0 Å². The number of hydrogen-bond acceptors (Lipinski definition) is 2. The smallest absolute Gasteiger partial charge is 0.243 e. The van der Waals surface area contributed by atoms with Gasteiger partial charge in [-0.05, 0) is 35.6 Å². The zero-order valence-electron chi connectivity index (χ0n) is 24.0. The molecule has 42 heavy (non-hydrogen) atoms. The van der Waals surface area contributed by atoms with Gasteiger partial charge in [0.2, 0.25) is 11.8 Å². The van der Waals surface area contributed by atoms with E-state index in [1.165, 1.54) is 12.5 Å². The molecule has 4 aromatic rings. The predicted molar refractivity (Wildman–Crippen MR) is 165 cm³/mol. The van der Waals surface area contributed by atoms with E-state index in [2.05, 4.69) is 5.32 Å².